The largest absolute Gasteiger partial charge is 0.496 e. The van der Waals surface area contributed by atoms with Crippen molar-refractivity contribution < 1.29 is 23.8 Å². The predicted octanol–water partition coefficient (Wildman–Crippen LogP) is 2.09. The minimum absolute atomic E-state index is 0.0325. The quantitative estimate of drug-likeness (QED) is 0.801. The smallest absolute Gasteiger partial charge is 0.356 e. The van der Waals surface area contributed by atoms with E-state index in [4.69, 9.17) is 21.1 Å². The second-order valence-electron chi connectivity index (χ2n) is 4.22. The summed E-state index contributed by atoms with van der Waals surface area (Å²) in [5.74, 6) is -1.00. The summed E-state index contributed by atoms with van der Waals surface area (Å²) in [5.41, 5.74) is 0.309. The van der Waals surface area contributed by atoms with E-state index >= 15 is 0 Å². The number of nitrogens with zero attached hydrogens (tertiary/aromatic N) is 2. The first-order chi connectivity index (χ1) is 10.5. The van der Waals surface area contributed by atoms with E-state index in [2.05, 4.69) is 9.84 Å². The normalized spacial score (nSPS) is 10.2. The van der Waals surface area contributed by atoms with Crippen LogP contribution in [-0.4, -0.2) is 35.9 Å². The molecule has 116 valence electrons. The van der Waals surface area contributed by atoms with Crippen LogP contribution < -0.4 is 9.47 Å². The number of hydrogen-bond donors (Lipinski definition) is 0. The Kier molecular flexibility index (Phi) is 4.67. The number of benzene rings is 1. The van der Waals surface area contributed by atoms with Gasteiger partial charge in [-0.2, -0.15) is 0 Å². The summed E-state index contributed by atoms with van der Waals surface area (Å²) in [5, 5.41) is 4.29. The van der Waals surface area contributed by atoms with Crippen molar-refractivity contribution in [2.24, 2.45) is 7.05 Å². The van der Waals surface area contributed by atoms with Crippen molar-refractivity contribution in [2.45, 2.75) is 0 Å². The number of ether oxygens (including phenoxy) is 3. The molecular weight excluding hydrogens is 312 g/mol. The predicted molar refractivity (Wildman–Crippen MR) is 77.5 cm³/mol. The molecule has 0 saturated carbocycles. The summed E-state index contributed by atoms with van der Waals surface area (Å²) < 4.78 is 16.1. The third-order valence-corrected chi connectivity index (χ3v) is 3.07. The Labute approximate surface area is 131 Å². The fraction of sp³-hybridized carbons (Fsp3) is 0.214. The van der Waals surface area contributed by atoms with Crippen LogP contribution in [0.4, 0.5) is 0 Å². The molecule has 0 atom stereocenters. The topological polar surface area (TPSA) is 79.7 Å². The number of carbonyl (C=O) groups is 2. The van der Waals surface area contributed by atoms with Gasteiger partial charge in [0.15, 0.2) is 0 Å². The van der Waals surface area contributed by atoms with Crippen LogP contribution in [0.1, 0.15) is 20.8 Å². The molecule has 0 radical (unpaired) electrons. The average Bonchev–Trinajstić information content (AvgIpc) is 2.86. The molecule has 0 N–H and O–H groups in total. The molecule has 0 aliphatic heterocycles. The second-order valence-corrected chi connectivity index (χ2v) is 4.65. The van der Waals surface area contributed by atoms with Crippen LogP contribution in [0.25, 0.3) is 0 Å². The zero-order valence-electron chi connectivity index (χ0n) is 12.1. The van der Waals surface area contributed by atoms with Gasteiger partial charge in [-0.1, -0.05) is 11.6 Å². The van der Waals surface area contributed by atoms with E-state index in [-0.39, 0.29) is 17.1 Å². The molecule has 0 fully saturated rings. The van der Waals surface area contributed by atoms with E-state index in [1.165, 1.54) is 38.1 Å². The molecule has 2 rings (SSSR count). The van der Waals surface area contributed by atoms with Crippen molar-refractivity contribution in [3.63, 3.8) is 0 Å². The summed E-state index contributed by atoms with van der Waals surface area (Å²) in [6.07, 6.45) is 0. The molecule has 8 heteroatoms. The van der Waals surface area contributed by atoms with E-state index in [9.17, 15) is 9.59 Å². The van der Waals surface area contributed by atoms with Crippen molar-refractivity contribution in [2.75, 3.05) is 14.2 Å². The SMILES string of the molecule is COC(=O)c1cc(OC(=O)c2cc(Cl)ccc2OC)nn1C. The van der Waals surface area contributed by atoms with Gasteiger partial charge in [0, 0.05) is 18.1 Å². The van der Waals surface area contributed by atoms with E-state index in [1.54, 1.807) is 12.1 Å². The molecule has 0 spiro atoms. The van der Waals surface area contributed by atoms with Gasteiger partial charge >= 0.3 is 11.9 Å². The van der Waals surface area contributed by atoms with Crippen molar-refractivity contribution >= 4 is 23.5 Å². The van der Waals surface area contributed by atoms with Crippen molar-refractivity contribution in [3.05, 3.63) is 40.5 Å². The van der Waals surface area contributed by atoms with Crippen molar-refractivity contribution in [1.82, 2.24) is 9.78 Å². The highest BCUT2D eigenvalue weighted by atomic mass is 35.5. The highest BCUT2D eigenvalue weighted by Gasteiger charge is 2.19. The number of esters is 2. The fourth-order valence-corrected chi connectivity index (χ4v) is 1.95. The van der Waals surface area contributed by atoms with Gasteiger partial charge < -0.3 is 14.2 Å². The lowest BCUT2D eigenvalue weighted by molar-refractivity contribution is 0.0587. The molecule has 2 aromatic rings. The fourth-order valence-electron chi connectivity index (χ4n) is 1.78. The number of aromatic nitrogens is 2. The Morgan fingerprint density at radius 3 is 2.55 bits per heavy atom. The van der Waals surface area contributed by atoms with Crippen LogP contribution >= 0.6 is 11.6 Å². The van der Waals surface area contributed by atoms with Gasteiger partial charge in [0.25, 0.3) is 0 Å². The van der Waals surface area contributed by atoms with Crippen LogP contribution in [0, 0.1) is 0 Å². The second kappa shape index (κ2) is 6.48. The number of halogens is 1. The number of carbonyl (C=O) groups excluding carboxylic acids is 2. The van der Waals surface area contributed by atoms with Crippen LogP contribution in [0.2, 0.25) is 5.02 Å². The molecule has 1 aromatic carbocycles. The van der Waals surface area contributed by atoms with Crippen molar-refractivity contribution in [3.8, 4) is 11.6 Å². The lowest BCUT2D eigenvalue weighted by Crippen LogP contribution is -2.10. The lowest BCUT2D eigenvalue weighted by Gasteiger charge is -2.07. The van der Waals surface area contributed by atoms with Gasteiger partial charge in [-0.05, 0) is 18.2 Å². The van der Waals surface area contributed by atoms with E-state index in [1.807, 2.05) is 0 Å². The summed E-state index contributed by atoms with van der Waals surface area (Å²) >= 11 is 5.87. The Morgan fingerprint density at radius 2 is 1.91 bits per heavy atom. The molecule has 0 bridgehead atoms. The van der Waals surface area contributed by atoms with E-state index < -0.39 is 11.9 Å². The third kappa shape index (κ3) is 3.20. The van der Waals surface area contributed by atoms with Gasteiger partial charge in [0.05, 0.1) is 14.2 Å². The first kappa shape index (κ1) is 15.8. The number of rotatable bonds is 4. The molecular formula is C14H13ClN2O5. The molecule has 22 heavy (non-hydrogen) atoms. The maximum Gasteiger partial charge on any atom is 0.356 e. The van der Waals surface area contributed by atoms with Crippen LogP contribution in [0.3, 0.4) is 0 Å². The standard InChI is InChI=1S/C14H13ClN2O5/c1-17-10(14(19)21-3)7-12(16-17)22-13(18)9-6-8(15)4-5-11(9)20-2/h4-7H,1-3H3. The Hall–Kier alpha value is -2.54. The maximum atomic E-state index is 12.2. The summed E-state index contributed by atoms with van der Waals surface area (Å²) in [7, 11) is 4.21. The maximum absolute atomic E-state index is 12.2. The highest BCUT2D eigenvalue weighted by molar-refractivity contribution is 6.31. The van der Waals surface area contributed by atoms with Crippen LogP contribution in [-0.2, 0) is 11.8 Å². The van der Waals surface area contributed by atoms with E-state index in [0.29, 0.717) is 10.8 Å². The monoisotopic (exact) mass is 324 g/mol. The summed E-state index contributed by atoms with van der Waals surface area (Å²) in [4.78, 5) is 23.7. The van der Waals surface area contributed by atoms with Gasteiger partial charge in [0.1, 0.15) is 17.0 Å². The van der Waals surface area contributed by atoms with Gasteiger partial charge in [0.2, 0.25) is 5.88 Å². The minimum Gasteiger partial charge on any atom is -0.496 e. The number of hydrogen-bond acceptors (Lipinski definition) is 6. The zero-order valence-corrected chi connectivity index (χ0v) is 12.9. The highest BCUT2D eigenvalue weighted by Crippen LogP contribution is 2.24. The third-order valence-electron chi connectivity index (χ3n) is 2.83. The number of aryl methyl sites for hydroxylation is 1. The van der Waals surface area contributed by atoms with Crippen LogP contribution in [0.5, 0.6) is 11.6 Å². The first-order valence-electron chi connectivity index (χ1n) is 6.14. The van der Waals surface area contributed by atoms with Gasteiger partial charge in [-0.25, -0.2) is 9.59 Å². The molecule has 0 aliphatic carbocycles. The van der Waals surface area contributed by atoms with Crippen LogP contribution in [0.15, 0.2) is 24.3 Å². The average molecular weight is 325 g/mol. The van der Waals surface area contributed by atoms with E-state index in [0.717, 1.165) is 0 Å². The van der Waals surface area contributed by atoms with Crippen molar-refractivity contribution in [1.29, 1.82) is 0 Å². The lowest BCUT2D eigenvalue weighted by atomic mass is 10.2. The Bertz CT molecular complexity index is 726. The molecule has 0 unspecified atom stereocenters. The molecule has 0 amide bonds. The van der Waals surface area contributed by atoms with Gasteiger partial charge in [-0.3, -0.25) is 4.68 Å². The number of methoxy groups -OCH3 is 2. The Morgan fingerprint density at radius 1 is 1.18 bits per heavy atom. The Balaban J connectivity index is 2.26. The molecule has 0 aliphatic rings. The molecule has 1 heterocycles. The zero-order chi connectivity index (χ0) is 16.3. The molecule has 7 nitrogen and oxygen atoms in total. The van der Waals surface area contributed by atoms with Gasteiger partial charge in [-0.15, -0.1) is 5.10 Å². The first-order valence-corrected chi connectivity index (χ1v) is 6.52. The molecule has 1 aromatic heterocycles. The summed E-state index contributed by atoms with van der Waals surface area (Å²) in [6, 6.07) is 5.87. The molecule has 0 saturated heterocycles. The minimum atomic E-state index is -0.700. The summed E-state index contributed by atoms with van der Waals surface area (Å²) in [6.45, 7) is 0.